The first-order valence-corrected chi connectivity index (χ1v) is 10.1. The highest BCUT2D eigenvalue weighted by Gasteiger charge is 2.14. The average molecular weight is 447 g/mol. The van der Waals surface area contributed by atoms with Gasteiger partial charge in [-0.2, -0.15) is 0 Å². The van der Waals surface area contributed by atoms with Gasteiger partial charge >= 0.3 is 0 Å². The Morgan fingerprint density at radius 3 is 2.40 bits per heavy atom. The second-order valence-corrected chi connectivity index (χ2v) is 7.51. The molecule has 0 spiro atoms. The number of carbonyl (C=O) groups excluding carboxylic acids is 2. The van der Waals surface area contributed by atoms with Crippen molar-refractivity contribution in [2.24, 2.45) is 0 Å². The van der Waals surface area contributed by atoms with Gasteiger partial charge in [-0.15, -0.1) is 10.2 Å². The highest BCUT2D eigenvalue weighted by Crippen LogP contribution is 2.24. The second kappa shape index (κ2) is 10.0. The lowest BCUT2D eigenvalue weighted by Gasteiger charge is -2.07. The van der Waals surface area contributed by atoms with Gasteiger partial charge in [0.15, 0.2) is 0 Å². The van der Waals surface area contributed by atoms with Crippen molar-refractivity contribution in [1.82, 2.24) is 15.5 Å². The van der Waals surface area contributed by atoms with Crippen molar-refractivity contribution >= 4 is 39.9 Å². The van der Waals surface area contributed by atoms with Crippen molar-refractivity contribution in [2.45, 2.75) is 6.42 Å². The Balaban J connectivity index is 1.56. The predicted molar refractivity (Wildman–Crippen MR) is 115 cm³/mol. The van der Waals surface area contributed by atoms with Crippen molar-refractivity contribution in [3.63, 3.8) is 0 Å². The number of carbonyl (C=O) groups is 2. The number of anilines is 1. The molecule has 156 valence electrons. The minimum absolute atomic E-state index is 0.259. The molecular formula is C20H19ClN4O4S. The van der Waals surface area contributed by atoms with Crippen LogP contribution in [-0.4, -0.2) is 42.8 Å². The lowest BCUT2D eigenvalue weighted by Crippen LogP contribution is -2.25. The molecule has 10 heteroatoms. The van der Waals surface area contributed by atoms with Crippen molar-refractivity contribution in [2.75, 3.05) is 26.1 Å². The Labute approximate surface area is 182 Å². The third-order valence-electron chi connectivity index (χ3n) is 4.04. The van der Waals surface area contributed by atoms with Crippen LogP contribution in [0.5, 0.6) is 11.5 Å². The van der Waals surface area contributed by atoms with E-state index >= 15 is 0 Å². The van der Waals surface area contributed by atoms with Gasteiger partial charge in [0.2, 0.25) is 5.13 Å². The fraction of sp³-hybridized carbons (Fsp3) is 0.200. The van der Waals surface area contributed by atoms with Gasteiger partial charge in [0, 0.05) is 24.6 Å². The fourth-order valence-corrected chi connectivity index (χ4v) is 3.49. The number of benzene rings is 2. The molecule has 1 heterocycles. The smallest absolute Gasteiger partial charge is 0.257 e. The molecular weight excluding hydrogens is 428 g/mol. The molecule has 2 aromatic carbocycles. The first kappa shape index (κ1) is 21.5. The molecule has 8 nitrogen and oxygen atoms in total. The van der Waals surface area contributed by atoms with E-state index in [0.717, 1.165) is 0 Å². The van der Waals surface area contributed by atoms with Crippen molar-refractivity contribution in [1.29, 1.82) is 0 Å². The van der Waals surface area contributed by atoms with Crippen LogP contribution >= 0.6 is 22.9 Å². The topological polar surface area (TPSA) is 102 Å². The average Bonchev–Trinajstić information content (AvgIpc) is 3.20. The molecule has 2 amide bonds. The van der Waals surface area contributed by atoms with Gasteiger partial charge in [-0.05, 0) is 24.3 Å². The molecule has 3 aromatic rings. The molecule has 1 aromatic heterocycles. The maximum atomic E-state index is 12.5. The van der Waals surface area contributed by atoms with Crippen LogP contribution in [0.25, 0.3) is 0 Å². The zero-order valence-electron chi connectivity index (χ0n) is 16.3. The maximum absolute atomic E-state index is 12.5. The summed E-state index contributed by atoms with van der Waals surface area (Å²) in [5.41, 5.74) is 0.785. The molecule has 0 saturated carbocycles. The van der Waals surface area contributed by atoms with Crippen LogP contribution in [0.3, 0.4) is 0 Å². The number of nitrogens with one attached hydrogen (secondary N) is 2. The summed E-state index contributed by atoms with van der Waals surface area (Å²) in [6.45, 7) is 0.361. The lowest BCUT2D eigenvalue weighted by molar-refractivity contribution is 0.0953. The highest BCUT2D eigenvalue weighted by molar-refractivity contribution is 7.15. The molecule has 0 saturated heterocycles. The van der Waals surface area contributed by atoms with E-state index in [2.05, 4.69) is 20.8 Å². The van der Waals surface area contributed by atoms with E-state index < -0.39 is 0 Å². The number of hydrogen-bond donors (Lipinski definition) is 2. The predicted octanol–water partition coefficient (Wildman–Crippen LogP) is 3.43. The highest BCUT2D eigenvalue weighted by atomic mass is 35.5. The molecule has 0 aliphatic heterocycles. The fourth-order valence-electron chi connectivity index (χ4n) is 2.54. The number of methoxy groups -OCH3 is 2. The number of nitrogens with zero attached hydrogens (tertiary/aromatic N) is 2. The summed E-state index contributed by atoms with van der Waals surface area (Å²) in [6, 6.07) is 11.7. The Morgan fingerprint density at radius 2 is 1.73 bits per heavy atom. The van der Waals surface area contributed by atoms with Crippen molar-refractivity contribution in [3.05, 3.63) is 63.6 Å². The van der Waals surface area contributed by atoms with Gasteiger partial charge in [0.1, 0.15) is 16.5 Å². The van der Waals surface area contributed by atoms with Gasteiger partial charge in [0.25, 0.3) is 11.8 Å². The van der Waals surface area contributed by atoms with Gasteiger partial charge < -0.3 is 14.8 Å². The van der Waals surface area contributed by atoms with Crippen LogP contribution in [0.15, 0.2) is 42.5 Å². The van der Waals surface area contributed by atoms with Crippen LogP contribution in [-0.2, 0) is 6.42 Å². The molecule has 0 unspecified atom stereocenters. The van der Waals surface area contributed by atoms with E-state index in [1.165, 1.54) is 25.6 Å². The molecule has 0 fully saturated rings. The van der Waals surface area contributed by atoms with Gasteiger partial charge in [-0.25, -0.2) is 0 Å². The third kappa shape index (κ3) is 5.46. The van der Waals surface area contributed by atoms with E-state index in [4.69, 9.17) is 21.1 Å². The molecule has 0 radical (unpaired) electrons. The van der Waals surface area contributed by atoms with E-state index in [1.54, 1.807) is 42.5 Å². The van der Waals surface area contributed by atoms with Crippen molar-refractivity contribution in [3.8, 4) is 11.5 Å². The summed E-state index contributed by atoms with van der Waals surface area (Å²) < 4.78 is 10.4. The van der Waals surface area contributed by atoms with E-state index in [9.17, 15) is 9.59 Å². The zero-order valence-corrected chi connectivity index (χ0v) is 17.8. The molecule has 0 atom stereocenters. The lowest BCUT2D eigenvalue weighted by atomic mass is 10.2. The van der Waals surface area contributed by atoms with Gasteiger partial charge in [-0.1, -0.05) is 35.1 Å². The first-order valence-electron chi connectivity index (χ1n) is 8.89. The molecule has 0 bridgehead atoms. The monoisotopic (exact) mass is 446 g/mol. The largest absolute Gasteiger partial charge is 0.497 e. The first-order chi connectivity index (χ1) is 14.5. The zero-order chi connectivity index (χ0) is 21.5. The van der Waals surface area contributed by atoms with Crippen LogP contribution in [0.4, 0.5) is 5.13 Å². The number of halogens is 1. The van der Waals surface area contributed by atoms with Crippen LogP contribution in [0.1, 0.15) is 25.7 Å². The summed E-state index contributed by atoms with van der Waals surface area (Å²) in [6.07, 6.45) is 0.469. The van der Waals surface area contributed by atoms with Gasteiger partial charge in [0.05, 0.1) is 24.8 Å². The van der Waals surface area contributed by atoms with Crippen LogP contribution < -0.4 is 20.1 Å². The SMILES string of the molecule is COc1cc(OC)cc(C(=O)Nc2nnc(CCNC(=O)c3ccccc3Cl)s2)c1. The van der Waals surface area contributed by atoms with Crippen LogP contribution in [0.2, 0.25) is 5.02 Å². The molecule has 0 aliphatic rings. The number of hydrogen-bond acceptors (Lipinski definition) is 7. The Hall–Kier alpha value is -3.17. The summed E-state index contributed by atoms with van der Waals surface area (Å²) >= 11 is 7.25. The Kier molecular flexibility index (Phi) is 7.21. The summed E-state index contributed by atoms with van der Waals surface area (Å²) in [4.78, 5) is 24.7. The van der Waals surface area contributed by atoms with E-state index in [1.807, 2.05) is 0 Å². The normalized spacial score (nSPS) is 10.4. The number of rotatable bonds is 8. The second-order valence-electron chi connectivity index (χ2n) is 6.04. The molecule has 0 aliphatic carbocycles. The molecule has 3 rings (SSSR count). The summed E-state index contributed by atoms with van der Waals surface area (Å²) in [7, 11) is 3.02. The third-order valence-corrected chi connectivity index (χ3v) is 5.27. The Morgan fingerprint density at radius 1 is 1.03 bits per heavy atom. The summed E-state index contributed by atoms with van der Waals surface area (Å²) in [5.74, 6) is 0.394. The minimum Gasteiger partial charge on any atom is -0.497 e. The quantitative estimate of drug-likeness (QED) is 0.549. The van der Waals surface area contributed by atoms with E-state index in [0.29, 0.717) is 50.8 Å². The standard InChI is InChI=1S/C20H19ClN4O4S/c1-28-13-9-12(10-14(11-13)29-2)18(26)23-20-25-24-17(30-20)7-8-22-19(27)15-5-3-4-6-16(15)21/h3-6,9-11H,7-8H2,1-2H3,(H,22,27)(H,23,25,26). The maximum Gasteiger partial charge on any atom is 0.257 e. The number of aromatic nitrogens is 2. The number of ether oxygens (including phenoxy) is 2. The van der Waals surface area contributed by atoms with E-state index in [-0.39, 0.29) is 11.8 Å². The van der Waals surface area contributed by atoms with Crippen LogP contribution in [0, 0.1) is 0 Å². The minimum atomic E-state index is -0.359. The summed E-state index contributed by atoms with van der Waals surface area (Å²) in [5, 5.41) is 14.9. The molecule has 2 N–H and O–H groups in total. The van der Waals surface area contributed by atoms with Gasteiger partial charge in [-0.3, -0.25) is 14.9 Å². The molecule has 30 heavy (non-hydrogen) atoms. The van der Waals surface area contributed by atoms with Crippen molar-refractivity contribution < 1.29 is 19.1 Å². The Bertz CT molecular complexity index is 1030. The number of amides is 2.